The maximum atomic E-state index is 11.1. The van der Waals surface area contributed by atoms with Crippen molar-refractivity contribution < 1.29 is 4.92 Å². The second kappa shape index (κ2) is 6.19. The van der Waals surface area contributed by atoms with Crippen LogP contribution in [0, 0.1) is 10.1 Å². The molecule has 7 nitrogen and oxygen atoms in total. The summed E-state index contributed by atoms with van der Waals surface area (Å²) < 4.78 is 1.47. The van der Waals surface area contributed by atoms with Gasteiger partial charge in [0.05, 0.1) is 9.82 Å². The number of nitro benzene ring substituents is 1. The van der Waals surface area contributed by atoms with Crippen molar-refractivity contribution in [2.75, 3.05) is 11.7 Å². The molecule has 0 saturated heterocycles. The summed E-state index contributed by atoms with van der Waals surface area (Å²) in [6.07, 6.45) is 1.90. The Morgan fingerprint density at radius 1 is 1.42 bits per heavy atom. The molecule has 10 heteroatoms. The van der Waals surface area contributed by atoms with Gasteiger partial charge in [0.25, 0.3) is 0 Å². The van der Waals surface area contributed by atoms with Gasteiger partial charge in [0, 0.05) is 0 Å². The van der Waals surface area contributed by atoms with Gasteiger partial charge in [-0.2, -0.15) is 0 Å². The first kappa shape index (κ1) is 14.1. The van der Waals surface area contributed by atoms with Crippen molar-refractivity contribution in [2.45, 2.75) is 13.6 Å². The molecule has 0 fully saturated rings. The summed E-state index contributed by atoms with van der Waals surface area (Å²) in [4.78, 5) is 11.1. The molecule has 100 valence electrons. The predicted octanol–water partition coefficient (Wildman–Crippen LogP) is 2.60. The van der Waals surface area contributed by atoms with Crippen molar-refractivity contribution in [3.05, 3.63) is 28.3 Å². The lowest BCUT2D eigenvalue weighted by atomic mass is 10.3. The molecule has 0 aliphatic heterocycles. The number of rotatable bonds is 5. The third-order valence-corrected chi connectivity index (χ3v) is 5.10. The van der Waals surface area contributed by atoms with Crippen molar-refractivity contribution in [1.29, 1.82) is 0 Å². The molecule has 0 spiro atoms. The van der Waals surface area contributed by atoms with E-state index in [-0.39, 0.29) is 11.4 Å². The van der Waals surface area contributed by atoms with E-state index in [1.807, 2.05) is 6.26 Å². The number of nitro groups is 1. The van der Waals surface area contributed by atoms with Crippen LogP contribution in [0.3, 0.4) is 0 Å². The highest BCUT2D eigenvalue weighted by Crippen LogP contribution is 2.40. The van der Waals surface area contributed by atoms with Gasteiger partial charge in [-0.3, -0.25) is 16.0 Å². The standard InChI is InChI=1S/C9H9N5O2S3/c1-17-8-12-13-9(19-8)18-6-4-2-3-5(11-10)7(6)14(15)16/h2-4,11H,10H2,1H3. The molecular weight excluding hydrogens is 306 g/mol. The number of hydrogen-bond donors (Lipinski definition) is 2. The molecule has 0 aliphatic carbocycles. The van der Waals surface area contributed by atoms with E-state index in [0.29, 0.717) is 9.24 Å². The Morgan fingerprint density at radius 3 is 2.74 bits per heavy atom. The number of hydrogen-bond acceptors (Lipinski definition) is 9. The zero-order valence-corrected chi connectivity index (χ0v) is 12.1. The summed E-state index contributed by atoms with van der Waals surface area (Å²) in [5, 5.41) is 19.0. The monoisotopic (exact) mass is 315 g/mol. The number of anilines is 1. The van der Waals surface area contributed by atoms with Crippen LogP contribution < -0.4 is 11.3 Å². The van der Waals surface area contributed by atoms with Crippen LogP contribution in [0.2, 0.25) is 0 Å². The van der Waals surface area contributed by atoms with E-state index in [0.717, 1.165) is 4.34 Å². The lowest BCUT2D eigenvalue weighted by molar-refractivity contribution is -0.386. The molecule has 1 aromatic carbocycles. The highest BCUT2D eigenvalue weighted by molar-refractivity contribution is 8.03. The van der Waals surface area contributed by atoms with Crippen LogP contribution in [0.25, 0.3) is 0 Å². The molecule has 0 aliphatic rings. The Balaban J connectivity index is 2.36. The van der Waals surface area contributed by atoms with Crippen molar-refractivity contribution in [1.82, 2.24) is 10.2 Å². The number of nitrogen functional groups attached to an aromatic ring is 1. The maximum Gasteiger partial charge on any atom is 0.307 e. The molecule has 2 rings (SSSR count). The number of aromatic nitrogens is 2. The van der Waals surface area contributed by atoms with Crippen LogP contribution in [0.5, 0.6) is 0 Å². The summed E-state index contributed by atoms with van der Waals surface area (Å²) >= 11 is 4.08. The molecule has 0 amide bonds. The minimum Gasteiger partial charge on any atom is -0.318 e. The summed E-state index contributed by atoms with van der Waals surface area (Å²) in [6.45, 7) is 0. The van der Waals surface area contributed by atoms with E-state index in [4.69, 9.17) is 5.84 Å². The number of nitrogens with two attached hydrogens (primary N) is 1. The molecule has 0 bridgehead atoms. The molecule has 0 atom stereocenters. The van der Waals surface area contributed by atoms with Gasteiger partial charge in [0.1, 0.15) is 5.69 Å². The first-order valence-corrected chi connectivity index (χ1v) is 7.81. The number of benzene rings is 1. The first-order valence-electron chi connectivity index (χ1n) is 4.95. The SMILES string of the molecule is CSc1nnc(Sc2cccc(NN)c2[N+](=O)[O-])s1. The van der Waals surface area contributed by atoms with Gasteiger partial charge < -0.3 is 5.43 Å². The third-order valence-electron chi connectivity index (χ3n) is 2.10. The number of para-hydroxylation sites is 1. The quantitative estimate of drug-likeness (QED) is 0.375. The van der Waals surface area contributed by atoms with Crippen LogP contribution in [-0.4, -0.2) is 21.4 Å². The molecule has 2 aromatic rings. The molecular formula is C9H9N5O2S3. The highest BCUT2D eigenvalue weighted by Gasteiger charge is 2.21. The summed E-state index contributed by atoms with van der Waals surface area (Å²) in [5.41, 5.74) is 2.54. The van der Waals surface area contributed by atoms with E-state index in [1.54, 1.807) is 18.2 Å². The fourth-order valence-electron chi connectivity index (χ4n) is 1.32. The molecule has 1 heterocycles. The zero-order chi connectivity index (χ0) is 13.8. The van der Waals surface area contributed by atoms with Gasteiger partial charge in [0.15, 0.2) is 8.68 Å². The number of thioether (sulfide) groups is 1. The number of nitrogens with one attached hydrogen (secondary N) is 1. The van der Waals surface area contributed by atoms with Crippen molar-refractivity contribution in [3.8, 4) is 0 Å². The largest absolute Gasteiger partial charge is 0.318 e. The molecule has 0 radical (unpaired) electrons. The fraction of sp³-hybridized carbons (Fsp3) is 0.111. The van der Waals surface area contributed by atoms with Gasteiger partial charge in [0.2, 0.25) is 0 Å². The molecule has 19 heavy (non-hydrogen) atoms. The topological polar surface area (TPSA) is 107 Å². The maximum absolute atomic E-state index is 11.1. The van der Waals surface area contributed by atoms with E-state index in [9.17, 15) is 10.1 Å². The predicted molar refractivity (Wildman–Crippen MR) is 76.7 cm³/mol. The Labute approximate surface area is 121 Å². The molecule has 0 unspecified atom stereocenters. The summed E-state index contributed by atoms with van der Waals surface area (Å²) in [5.74, 6) is 5.28. The molecule has 0 saturated carbocycles. The summed E-state index contributed by atoms with van der Waals surface area (Å²) in [6, 6.07) is 4.90. The first-order chi connectivity index (χ1) is 9.15. The Hall–Kier alpha value is -1.36. The van der Waals surface area contributed by atoms with E-state index >= 15 is 0 Å². The van der Waals surface area contributed by atoms with Crippen molar-refractivity contribution in [2.24, 2.45) is 5.84 Å². The van der Waals surface area contributed by atoms with Crippen LogP contribution >= 0.6 is 34.9 Å². The normalized spacial score (nSPS) is 10.4. The smallest absolute Gasteiger partial charge is 0.307 e. The number of hydrazine groups is 1. The highest BCUT2D eigenvalue weighted by atomic mass is 32.2. The summed E-state index contributed by atoms with van der Waals surface area (Å²) in [7, 11) is 0. The van der Waals surface area contributed by atoms with Gasteiger partial charge >= 0.3 is 5.69 Å². The molecule has 1 aromatic heterocycles. The van der Waals surface area contributed by atoms with Gasteiger partial charge in [-0.05, 0) is 30.2 Å². The minimum absolute atomic E-state index is 0.0594. The average Bonchev–Trinajstić information content (AvgIpc) is 2.85. The fourth-order valence-corrected chi connectivity index (χ4v) is 3.86. The van der Waals surface area contributed by atoms with Crippen LogP contribution in [0.1, 0.15) is 0 Å². The van der Waals surface area contributed by atoms with Gasteiger partial charge in [-0.1, -0.05) is 29.2 Å². The lowest BCUT2D eigenvalue weighted by Crippen LogP contribution is -2.09. The van der Waals surface area contributed by atoms with Crippen LogP contribution in [0.15, 0.2) is 31.8 Å². The Kier molecular flexibility index (Phi) is 4.58. The Morgan fingerprint density at radius 2 is 2.16 bits per heavy atom. The van der Waals surface area contributed by atoms with E-state index in [1.165, 1.54) is 34.9 Å². The van der Waals surface area contributed by atoms with Crippen LogP contribution in [0.4, 0.5) is 11.4 Å². The molecule has 3 N–H and O–H groups in total. The minimum atomic E-state index is -0.464. The second-order valence-electron chi connectivity index (χ2n) is 3.19. The van der Waals surface area contributed by atoms with E-state index < -0.39 is 4.92 Å². The third kappa shape index (κ3) is 3.15. The second-order valence-corrected chi connectivity index (χ2v) is 6.51. The zero-order valence-electron chi connectivity index (χ0n) is 9.69. The van der Waals surface area contributed by atoms with Crippen molar-refractivity contribution in [3.63, 3.8) is 0 Å². The average molecular weight is 315 g/mol. The van der Waals surface area contributed by atoms with Gasteiger partial charge in [-0.15, -0.1) is 10.2 Å². The van der Waals surface area contributed by atoms with Crippen LogP contribution in [-0.2, 0) is 0 Å². The number of nitrogens with zero attached hydrogens (tertiary/aromatic N) is 3. The van der Waals surface area contributed by atoms with E-state index in [2.05, 4.69) is 15.6 Å². The lowest BCUT2D eigenvalue weighted by Gasteiger charge is -2.05. The Bertz CT molecular complexity index is 603. The van der Waals surface area contributed by atoms with Crippen molar-refractivity contribution >= 4 is 46.2 Å². The van der Waals surface area contributed by atoms with Gasteiger partial charge in [-0.25, -0.2) is 0 Å².